The molecule has 0 saturated carbocycles. The molecule has 0 spiro atoms. The van der Waals surface area contributed by atoms with Crippen LogP contribution in [0.1, 0.15) is 32.8 Å². The molecular formula is C19H24O6. The van der Waals surface area contributed by atoms with Gasteiger partial charge in [0.25, 0.3) is 0 Å². The van der Waals surface area contributed by atoms with E-state index in [1.165, 1.54) is 0 Å². The van der Waals surface area contributed by atoms with Crippen molar-refractivity contribution in [1.82, 2.24) is 0 Å². The number of cyclic esters (lactones) is 2. The standard InChI is InChI=1S/C19H24O6/c1-12(2)18(21)25-17-13(3)24-16(20)9-10-23-19(22)15(17)11-14-7-5-4-6-8-14/h4-8,12-13,15,17H,9-11H2,1-3H3/t13-,15?,17-/m0/s1. The van der Waals surface area contributed by atoms with E-state index in [0.29, 0.717) is 6.42 Å². The van der Waals surface area contributed by atoms with E-state index in [9.17, 15) is 14.4 Å². The van der Waals surface area contributed by atoms with E-state index in [2.05, 4.69) is 0 Å². The molecular weight excluding hydrogens is 324 g/mol. The van der Waals surface area contributed by atoms with Crippen molar-refractivity contribution in [2.75, 3.05) is 6.61 Å². The van der Waals surface area contributed by atoms with Gasteiger partial charge in [0.05, 0.1) is 12.3 Å². The summed E-state index contributed by atoms with van der Waals surface area (Å²) in [5, 5.41) is 0. The predicted octanol–water partition coefficient (Wildman–Crippen LogP) is 2.29. The van der Waals surface area contributed by atoms with Gasteiger partial charge in [0.1, 0.15) is 18.6 Å². The van der Waals surface area contributed by atoms with Gasteiger partial charge < -0.3 is 14.2 Å². The highest BCUT2D eigenvalue weighted by atomic mass is 16.6. The zero-order chi connectivity index (χ0) is 18.4. The normalized spacial score (nSPS) is 24.6. The van der Waals surface area contributed by atoms with Crippen LogP contribution in [0.5, 0.6) is 0 Å². The maximum Gasteiger partial charge on any atom is 0.313 e. The lowest BCUT2D eigenvalue weighted by Gasteiger charge is -2.29. The molecule has 2 rings (SSSR count). The fourth-order valence-corrected chi connectivity index (χ4v) is 2.65. The van der Waals surface area contributed by atoms with Crippen LogP contribution in [0.25, 0.3) is 0 Å². The third-order valence-corrected chi connectivity index (χ3v) is 4.05. The highest BCUT2D eigenvalue weighted by Crippen LogP contribution is 2.24. The largest absolute Gasteiger partial charge is 0.465 e. The number of carbonyl (C=O) groups excluding carboxylic acids is 3. The second-order valence-electron chi connectivity index (χ2n) is 6.46. The van der Waals surface area contributed by atoms with E-state index in [1.54, 1.807) is 20.8 Å². The third-order valence-electron chi connectivity index (χ3n) is 4.05. The van der Waals surface area contributed by atoms with Crippen molar-refractivity contribution in [3.8, 4) is 0 Å². The minimum Gasteiger partial charge on any atom is -0.465 e. The van der Waals surface area contributed by atoms with Gasteiger partial charge in [-0.1, -0.05) is 44.2 Å². The Morgan fingerprint density at radius 2 is 1.92 bits per heavy atom. The van der Waals surface area contributed by atoms with E-state index in [-0.39, 0.29) is 18.9 Å². The summed E-state index contributed by atoms with van der Waals surface area (Å²) < 4.78 is 16.1. The first-order chi connectivity index (χ1) is 11.9. The van der Waals surface area contributed by atoms with E-state index in [1.807, 2.05) is 30.3 Å². The molecule has 0 aliphatic carbocycles. The van der Waals surface area contributed by atoms with Crippen molar-refractivity contribution in [2.24, 2.45) is 11.8 Å². The average Bonchev–Trinajstić information content (AvgIpc) is 2.61. The molecule has 0 aromatic heterocycles. The first-order valence-corrected chi connectivity index (χ1v) is 8.49. The molecule has 136 valence electrons. The Bertz CT molecular complexity index is 610. The second kappa shape index (κ2) is 8.65. The molecule has 0 bridgehead atoms. The van der Waals surface area contributed by atoms with Gasteiger partial charge in [0, 0.05) is 0 Å². The van der Waals surface area contributed by atoms with Gasteiger partial charge in [-0.2, -0.15) is 0 Å². The van der Waals surface area contributed by atoms with Crippen LogP contribution in [0, 0.1) is 11.8 Å². The molecule has 0 amide bonds. The fourth-order valence-electron chi connectivity index (χ4n) is 2.65. The molecule has 1 saturated heterocycles. The molecule has 1 aliphatic heterocycles. The molecule has 25 heavy (non-hydrogen) atoms. The van der Waals surface area contributed by atoms with Crippen molar-refractivity contribution < 1.29 is 28.6 Å². The lowest BCUT2D eigenvalue weighted by Crippen LogP contribution is -2.43. The maximum absolute atomic E-state index is 12.6. The number of benzene rings is 1. The van der Waals surface area contributed by atoms with E-state index < -0.39 is 36.0 Å². The van der Waals surface area contributed by atoms with Crippen molar-refractivity contribution in [2.45, 2.75) is 45.8 Å². The molecule has 1 aromatic carbocycles. The number of hydrogen-bond donors (Lipinski definition) is 0. The first-order valence-electron chi connectivity index (χ1n) is 8.49. The minimum atomic E-state index is -0.898. The van der Waals surface area contributed by atoms with Gasteiger partial charge >= 0.3 is 17.9 Å². The Balaban J connectivity index is 2.31. The zero-order valence-corrected chi connectivity index (χ0v) is 14.8. The Labute approximate surface area is 147 Å². The monoisotopic (exact) mass is 348 g/mol. The summed E-state index contributed by atoms with van der Waals surface area (Å²) in [5.41, 5.74) is 0.910. The van der Waals surface area contributed by atoms with Crippen molar-refractivity contribution >= 4 is 17.9 Å². The van der Waals surface area contributed by atoms with E-state index >= 15 is 0 Å². The van der Waals surface area contributed by atoms with E-state index in [4.69, 9.17) is 14.2 Å². The number of esters is 3. The van der Waals surface area contributed by atoms with Gasteiger partial charge in [0.2, 0.25) is 0 Å². The van der Waals surface area contributed by atoms with Crippen LogP contribution in [0.2, 0.25) is 0 Å². The number of rotatable bonds is 4. The van der Waals surface area contributed by atoms with Gasteiger partial charge in [0.15, 0.2) is 6.10 Å². The van der Waals surface area contributed by atoms with Crippen LogP contribution in [-0.2, 0) is 35.0 Å². The van der Waals surface area contributed by atoms with Crippen molar-refractivity contribution in [3.05, 3.63) is 35.9 Å². The summed E-state index contributed by atoms with van der Waals surface area (Å²) in [6.07, 6.45) is -1.32. The van der Waals surface area contributed by atoms with Crippen molar-refractivity contribution in [1.29, 1.82) is 0 Å². The quantitative estimate of drug-likeness (QED) is 0.614. The first kappa shape index (κ1) is 19.0. The van der Waals surface area contributed by atoms with Crippen LogP contribution in [0.15, 0.2) is 30.3 Å². The van der Waals surface area contributed by atoms with Crippen LogP contribution < -0.4 is 0 Å². The Morgan fingerprint density at radius 3 is 2.56 bits per heavy atom. The summed E-state index contributed by atoms with van der Waals surface area (Å²) in [5.74, 6) is -2.52. The summed E-state index contributed by atoms with van der Waals surface area (Å²) in [7, 11) is 0. The van der Waals surface area contributed by atoms with Crippen LogP contribution >= 0.6 is 0 Å². The molecule has 6 heteroatoms. The number of hydrogen-bond acceptors (Lipinski definition) is 6. The summed E-state index contributed by atoms with van der Waals surface area (Å²) in [6, 6.07) is 9.39. The Kier molecular flexibility index (Phi) is 6.56. The van der Waals surface area contributed by atoms with Gasteiger partial charge in [-0.3, -0.25) is 14.4 Å². The molecule has 1 fully saturated rings. The smallest absolute Gasteiger partial charge is 0.313 e. The molecule has 1 aromatic rings. The van der Waals surface area contributed by atoms with Crippen LogP contribution in [0.3, 0.4) is 0 Å². The lowest BCUT2D eigenvalue weighted by molar-refractivity contribution is -0.176. The SMILES string of the molecule is CC(C)C(=O)O[C@@H]1C(Cc2ccccc2)C(=O)OCCC(=O)O[C@H]1C. The maximum atomic E-state index is 12.6. The molecule has 1 unspecified atom stereocenters. The molecule has 3 atom stereocenters. The van der Waals surface area contributed by atoms with Crippen molar-refractivity contribution in [3.63, 3.8) is 0 Å². The second-order valence-corrected chi connectivity index (χ2v) is 6.46. The summed E-state index contributed by atoms with van der Waals surface area (Å²) >= 11 is 0. The predicted molar refractivity (Wildman–Crippen MR) is 89.5 cm³/mol. The highest BCUT2D eigenvalue weighted by molar-refractivity contribution is 5.77. The Hall–Kier alpha value is -2.37. The molecule has 1 aliphatic rings. The molecule has 0 N–H and O–H groups in total. The topological polar surface area (TPSA) is 78.9 Å². The Morgan fingerprint density at radius 1 is 1.24 bits per heavy atom. The van der Waals surface area contributed by atoms with Gasteiger partial charge in [-0.25, -0.2) is 0 Å². The van der Waals surface area contributed by atoms with E-state index in [0.717, 1.165) is 5.56 Å². The molecule has 1 heterocycles. The lowest BCUT2D eigenvalue weighted by atomic mass is 9.91. The van der Waals surface area contributed by atoms with Crippen LogP contribution in [0.4, 0.5) is 0 Å². The fraction of sp³-hybridized carbons (Fsp3) is 0.526. The zero-order valence-electron chi connectivity index (χ0n) is 14.8. The van der Waals surface area contributed by atoms with Gasteiger partial charge in [-0.05, 0) is 18.9 Å². The number of ether oxygens (including phenoxy) is 3. The van der Waals surface area contributed by atoms with Crippen LogP contribution in [-0.4, -0.2) is 36.7 Å². The highest BCUT2D eigenvalue weighted by Gasteiger charge is 2.40. The molecule has 0 radical (unpaired) electrons. The summed E-state index contributed by atoms with van der Waals surface area (Å²) in [4.78, 5) is 36.5. The third kappa shape index (κ3) is 5.31. The molecule has 6 nitrogen and oxygen atoms in total. The summed E-state index contributed by atoms with van der Waals surface area (Å²) in [6.45, 7) is 5.00. The van der Waals surface area contributed by atoms with Gasteiger partial charge in [-0.15, -0.1) is 0 Å². The average molecular weight is 348 g/mol. The minimum absolute atomic E-state index is 0.0149. The number of carbonyl (C=O) groups is 3.